The van der Waals surface area contributed by atoms with Crippen LogP contribution >= 0.6 is 0 Å². The molecule has 0 N–H and O–H groups in total. The molecule has 0 fully saturated rings. The molecule has 0 spiro atoms. The molecule has 1 aromatic rings. The van der Waals surface area contributed by atoms with E-state index in [0.29, 0.717) is 32.2 Å². The Morgan fingerprint density at radius 2 is 1.90 bits per heavy atom. The minimum atomic E-state index is 0.216. The van der Waals surface area contributed by atoms with Gasteiger partial charge in [0.05, 0.1) is 13.2 Å². The van der Waals surface area contributed by atoms with Gasteiger partial charge in [0.25, 0.3) is 0 Å². The van der Waals surface area contributed by atoms with Crippen LogP contribution in [0, 0.1) is 12.8 Å². The highest BCUT2D eigenvalue weighted by Gasteiger charge is 2.11. The summed E-state index contributed by atoms with van der Waals surface area (Å²) in [5.41, 5.74) is 1.94. The number of carbonyl (C=O) groups is 1. The van der Waals surface area contributed by atoms with Gasteiger partial charge in [-0.3, -0.25) is 4.79 Å². The van der Waals surface area contributed by atoms with Gasteiger partial charge in [-0.15, -0.1) is 0 Å². The Morgan fingerprint density at radius 3 is 2.52 bits per heavy atom. The summed E-state index contributed by atoms with van der Waals surface area (Å²) in [4.78, 5) is 12.1. The lowest BCUT2D eigenvalue weighted by molar-refractivity contribution is 0.0633. The molecule has 3 nitrogen and oxygen atoms in total. The third kappa shape index (κ3) is 9.38. The van der Waals surface area contributed by atoms with Gasteiger partial charge >= 0.3 is 0 Å². The van der Waals surface area contributed by atoms with E-state index >= 15 is 0 Å². The molecule has 0 aliphatic rings. The lowest BCUT2D eigenvalue weighted by atomic mass is 9.97. The lowest BCUT2D eigenvalue weighted by Crippen LogP contribution is -2.10. The monoisotopic (exact) mass is 294 g/mol. The number of hydrogen-bond acceptors (Lipinski definition) is 3. The SMILES string of the molecule is CC.COCCOCCC(C)CC(=O)c1cccc(C)c1. The summed E-state index contributed by atoms with van der Waals surface area (Å²) in [6.45, 7) is 10.0. The number of rotatable bonds is 9. The molecule has 1 unspecified atom stereocenters. The van der Waals surface area contributed by atoms with Gasteiger partial charge in [-0.1, -0.05) is 44.5 Å². The second-order valence-electron chi connectivity index (χ2n) is 5.00. The van der Waals surface area contributed by atoms with E-state index in [1.54, 1.807) is 7.11 Å². The molecule has 0 heterocycles. The number of benzene rings is 1. The van der Waals surface area contributed by atoms with Crippen molar-refractivity contribution in [2.24, 2.45) is 5.92 Å². The zero-order valence-corrected chi connectivity index (χ0v) is 14.1. The third-order valence-electron chi connectivity index (χ3n) is 3.06. The van der Waals surface area contributed by atoms with Crippen LogP contribution in [0.25, 0.3) is 0 Å². The molecule has 0 bridgehead atoms. The zero-order chi connectivity index (χ0) is 16.1. The number of ketones is 1. The molecule has 3 heteroatoms. The minimum absolute atomic E-state index is 0.216. The van der Waals surface area contributed by atoms with Crippen LogP contribution in [0.3, 0.4) is 0 Å². The third-order valence-corrected chi connectivity index (χ3v) is 3.06. The molecule has 1 aromatic carbocycles. The standard InChI is InChI=1S/C16H24O3.C2H6/c1-13-5-4-6-15(11-13)16(17)12-14(2)7-8-19-10-9-18-3;1-2/h4-6,11,14H,7-10,12H2,1-3H3;1-2H3. The predicted molar refractivity (Wildman–Crippen MR) is 88.0 cm³/mol. The van der Waals surface area contributed by atoms with E-state index in [9.17, 15) is 4.79 Å². The van der Waals surface area contributed by atoms with Gasteiger partial charge in [0.2, 0.25) is 0 Å². The maximum atomic E-state index is 12.1. The summed E-state index contributed by atoms with van der Waals surface area (Å²) < 4.78 is 10.3. The Labute approximate surface area is 129 Å². The maximum absolute atomic E-state index is 12.1. The molecular weight excluding hydrogens is 264 g/mol. The summed E-state index contributed by atoms with van der Waals surface area (Å²) >= 11 is 0. The summed E-state index contributed by atoms with van der Waals surface area (Å²) in [6, 6.07) is 7.77. The Morgan fingerprint density at radius 1 is 1.19 bits per heavy atom. The molecule has 0 radical (unpaired) electrons. The highest BCUT2D eigenvalue weighted by molar-refractivity contribution is 5.96. The Kier molecular flexibility index (Phi) is 11.8. The van der Waals surface area contributed by atoms with E-state index in [2.05, 4.69) is 6.92 Å². The Hall–Kier alpha value is -1.19. The topological polar surface area (TPSA) is 35.5 Å². The fourth-order valence-electron chi connectivity index (χ4n) is 1.88. The lowest BCUT2D eigenvalue weighted by Gasteiger charge is -2.11. The summed E-state index contributed by atoms with van der Waals surface area (Å²) in [7, 11) is 1.66. The van der Waals surface area contributed by atoms with Crippen molar-refractivity contribution in [3.63, 3.8) is 0 Å². The molecule has 120 valence electrons. The molecule has 0 saturated heterocycles. The first kappa shape index (κ1) is 19.8. The van der Waals surface area contributed by atoms with Crippen LogP contribution in [0.4, 0.5) is 0 Å². The van der Waals surface area contributed by atoms with Gasteiger partial charge in [0.15, 0.2) is 5.78 Å². The largest absolute Gasteiger partial charge is 0.382 e. The molecule has 21 heavy (non-hydrogen) atoms. The van der Waals surface area contributed by atoms with Crippen molar-refractivity contribution in [1.29, 1.82) is 0 Å². The van der Waals surface area contributed by atoms with Crippen LogP contribution in [-0.4, -0.2) is 32.7 Å². The first-order valence-corrected chi connectivity index (χ1v) is 7.80. The van der Waals surface area contributed by atoms with Crippen LogP contribution in [0.1, 0.15) is 49.5 Å². The number of carbonyl (C=O) groups excluding carboxylic acids is 1. The Bertz CT molecular complexity index is 388. The van der Waals surface area contributed by atoms with E-state index in [0.717, 1.165) is 17.5 Å². The first-order valence-electron chi connectivity index (χ1n) is 7.80. The highest BCUT2D eigenvalue weighted by Crippen LogP contribution is 2.14. The van der Waals surface area contributed by atoms with Gasteiger partial charge < -0.3 is 9.47 Å². The molecule has 0 aromatic heterocycles. The van der Waals surface area contributed by atoms with Crippen LogP contribution in [-0.2, 0) is 9.47 Å². The number of aryl methyl sites for hydroxylation is 1. The average molecular weight is 294 g/mol. The van der Waals surface area contributed by atoms with Crippen LogP contribution in [0.5, 0.6) is 0 Å². The molecular formula is C18H30O3. The number of hydrogen-bond donors (Lipinski definition) is 0. The Balaban J connectivity index is 0.00000191. The highest BCUT2D eigenvalue weighted by atomic mass is 16.5. The van der Waals surface area contributed by atoms with E-state index < -0.39 is 0 Å². The number of Topliss-reactive ketones (excluding diaryl/α,β-unsaturated/α-hetero) is 1. The van der Waals surface area contributed by atoms with Gasteiger partial charge in [0, 0.05) is 25.7 Å². The second-order valence-corrected chi connectivity index (χ2v) is 5.00. The first-order chi connectivity index (χ1) is 10.1. The summed E-state index contributed by atoms with van der Waals surface area (Å²) in [6.07, 6.45) is 1.48. The molecule has 0 saturated carbocycles. The second kappa shape index (κ2) is 12.5. The smallest absolute Gasteiger partial charge is 0.163 e. The normalized spacial score (nSPS) is 11.5. The molecule has 0 aliphatic carbocycles. The van der Waals surface area contributed by atoms with Crippen molar-refractivity contribution >= 4 is 5.78 Å². The fourth-order valence-corrected chi connectivity index (χ4v) is 1.88. The van der Waals surface area contributed by atoms with Crippen molar-refractivity contribution in [2.75, 3.05) is 26.9 Å². The van der Waals surface area contributed by atoms with Crippen LogP contribution in [0.15, 0.2) is 24.3 Å². The molecule has 1 rings (SSSR count). The van der Waals surface area contributed by atoms with Gasteiger partial charge in [-0.2, -0.15) is 0 Å². The van der Waals surface area contributed by atoms with E-state index in [-0.39, 0.29) is 5.78 Å². The van der Waals surface area contributed by atoms with Crippen LogP contribution in [0.2, 0.25) is 0 Å². The van der Waals surface area contributed by atoms with Gasteiger partial charge in [0.1, 0.15) is 0 Å². The van der Waals surface area contributed by atoms with E-state index in [1.165, 1.54) is 0 Å². The summed E-state index contributed by atoms with van der Waals surface area (Å²) in [5, 5.41) is 0. The molecule has 0 amide bonds. The quantitative estimate of drug-likeness (QED) is 0.503. The minimum Gasteiger partial charge on any atom is -0.382 e. The van der Waals surface area contributed by atoms with Crippen molar-refractivity contribution in [3.8, 4) is 0 Å². The van der Waals surface area contributed by atoms with Gasteiger partial charge in [-0.25, -0.2) is 0 Å². The van der Waals surface area contributed by atoms with Gasteiger partial charge in [-0.05, 0) is 25.3 Å². The van der Waals surface area contributed by atoms with Crippen molar-refractivity contribution < 1.29 is 14.3 Å². The van der Waals surface area contributed by atoms with E-state index in [1.807, 2.05) is 45.0 Å². The number of methoxy groups -OCH3 is 1. The predicted octanol–water partition coefficient (Wildman–Crippen LogP) is 4.28. The number of ether oxygens (including phenoxy) is 2. The van der Waals surface area contributed by atoms with Crippen molar-refractivity contribution in [3.05, 3.63) is 35.4 Å². The van der Waals surface area contributed by atoms with Crippen LogP contribution < -0.4 is 0 Å². The van der Waals surface area contributed by atoms with E-state index in [4.69, 9.17) is 9.47 Å². The van der Waals surface area contributed by atoms with Crippen molar-refractivity contribution in [2.45, 2.75) is 40.5 Å². The maximum Gasteiger partial charge on any atom is 0.163 e. The fraction of sp³-hybridized carbons (Fsp3) is 0.611. The summed E-state index contributed by atoms with van der Waals surface area (Å²) in [5.74, 6) is 0.559. The molecule has 1 atom stereocenters. The molecule has 0 aliphatic heterocycles. The zero-order valence-electron chi connectivity index (χ0n) is 14.1. The van der Waals surface area contributed by atoms with Crippen molar-refractivity contribution in [1.82, 2.24) is 0 Å². The average Bonchev–Trinajstić information content (AvgIpc) is 2.49.